The average Bonchev–Trinajstić information content (AvgIpc) is 3.44. The lowest BCUT2D eigenvalue weighted by molar-refractivity contribution is -0.123. The van der Waals surface area contributed by atoms with Crippen molar-refractivity contribution in [1.82, 2.24) is 15.6 Å². The van der Waals surface area contributed by atoms with Gasteiger partial charge in [-0.2, -0.15) is 5.26 Å². The van der Waals surface area contributed by atoms with Crippen molar-refractivity contribution in [2.24, 2.45) is 0 Å². The zero-order valence-electron chi connectivity index (χ0n) is 24.4. The molecule has 3 aromatic carbocycles. The lowest BCUT2D eigenvalue weighted by Crippen LogP contribution is -2.45. The summed E-state index contributed by atoms with van der Waals surface area (Å²) in [6.07, 6.45) is -0.463. The van der Waals surface area contributed by atoms with Gasteiger partial charge >= 0.3 is 0 Å². The molecule has 3 aliphatic heterocycles. The third-order valence-corrected chi connectivity index (χ3v) is 7.77. The molecule has 44 heavy (non-hydrogen) atoms. The molecule has 10 nitrogen and oxygen atoms in total. The number of aryl methyl sites for hydroxylation is 1. The van der Waals surface area contributed by atoms with E-state index in [1.807, 2.05) is 60.4 Å². The number of carbonyl (C=O) groups is 2. The van der Waals surface area contributed by atoms with E-state index in [2.05, 4.69) is 21.7 Å². The molecule has 4 aromatic rings. The first-order valence-corrected chi connectivity index (χ1v) is 14.3. The first kappa shape index (κ1) is 28.6. The van der Waals surface area contributed by atoms with Crippen LogP contribution in [-0.2, 0) is 11.3 Å². The van der Waals surface area contributed by atoms with E-state index in [1.54, 1.807) is 37.4 Å². The number of aromatic nitrogens is 1. The molecule has 1 fully saturated rings. The highest BCUT2D eigenvalue weighted by Gasteiger charge is 2.37. The number of nitrogens with zero attached hydrogens (tertiary/aromatic N) is 3. The molecule has 7 rings (SSSR count). The predicted molar refractivity (Wildman–Crippen MR) is 164 cm³/mol. The van der Waals surface area contributed by atoms with Crippen molar-refractivity contribution in [1.29, 1.82) is 5.26 Å². The fraction of sp³-hybridized carbons (Fsp3) is 0.235. The zero-order chi connectivity index (χ0) is 30.6. The van der Waals surface area contributed by atoms with E-state index < -0.39 is 12.1 Å². The molecule has 3 aliphatic rings. The second-order valence-corrected chi connectivity index (χ2v) is 10.7. The van der Waals surface area contributed by atoms with Gasteiger partial charge in [-0.3, -0.25) is 9.59 Å². The zero-order valence-corrected chi connectivity index (χ0v) is 24.4. The third kappa shape index (κ3) is 6.13. The van der Waals surface area contributed by atoms with Crippen LogP contribution >= 0.6 is 0 Å². The monoisotopic (exact) mass is 589 g/mol. The van der Waals surface area contributed by atoms with Gasteiger partial charge in [-0.25, -0.2) is 4.98 Å². The van der Waals surface area contributed by atoms with E-state index >= 15 is 0 Å². The van der Waals surface area contributed by atoms with Crippen LogP contribution in [0.1, 0.15) is 27.2 Å². The van der Waals surface area contributed by atoms with Gasteiger partial charge in [-0.15, -0.1) is 0 Å². The van der Waals surface area contributed by atoms with E-state index in [0.29, 0.717) is 47.4 Å². The van der Waals surface area contributed by atoms with E-state index in [9.17, 15) is 14.9 Å². The highest BCUT2D eigenvalue weighted by Crippen LogP contribution is 2.32. The molecular weight excluding hydrogens is 558 g/mol. The molecule has 0 aliphatic carbocycles. The molecule has 1 saturated heterocycles. The molecule has 1 aromatic heterocycles. The number of ether oxygens (including phenoxy) is 3. The van der Waals surface area contributed by atoms with Gasteiger partial charge in [0.15, 0.2) is 18.1 Å². The van der Waals surface area contributed by atoms with Crippen molar-refractivity contribution in [3.63, 3.8) is 0 Å². The van der Waals surface area contributed by atoms with E-state index in [1.165, 1.54) is 0 Å². The Hall–Kier alpha value is -5.56. The molecular formula is C34H31N5O5. The predicted octanol–water partition coefficient (Wildman–Crippen LogP) is 4.01. The van der Waals surface area contributed by atoms with Crippen LogP contribution in [0.5, 0.6) is 17.2 Å². The number of benzene rings is 3. The van der Waals surface area contributed by atoms with Crippen LogP contribution in [0.2, 0.25) is 0 Å². The number of hydrogen-bond donors (Lipinski definition) is 2. The van der Waals surface area contributed by atoms with Crippen LogP contribution in [0.15, 0.2) is 78.9 Å². The summed E-state index contributed by atoms with van der Waals surface area (Å²) in [7, 11) is 1.55. The van der Waals surface area contributed by atoms with Crippen molar-refractivity contribution in [2.45, 2.75) is 25.6 Å². The Morgan fingerprint density at radius 1 is 1.00 bits per heavy atom. The molecule has 6 bridgehead atoms. The molecule has 2 atom stereocenters. The molecule has 10 heteroatoms. The molecule has 222 valence electrons. The third-order valence-electron chi connectivity index (χ3n) is 7.77. The van der Waals surface area contributed by atoms with Gasteiger partial charge < -0.3 is 29.7 Å². The van der Waals surface area contributed by atoms with Gasteiger partial charge in [0.25, 0.3) is 11.8 Å². The molecule has 0 radical (unpaired) electrons. The van der Waals surface area contributed by atoms with Crippen LogP contribution in [0.3, 0.4) is 0 Å². The fourth-order valence-electron chi connectivity index (χ4n) is 5.44. The fourth-order valence-corrected chi connectivity index (χ4v) is 5.44. The quantitative estimate of drug-likeness (QED) is 0.359. The topological polar surface area (TPSA) is 126 Å². The molecule has 4 heterocycles. The van der Waals surface area contributed by atoms with Gasteiger partial charge in [0, 0.05) is 18.7 Å². The van der Waals surface area contributed by atoms with Gasteiger partial charge in [0.2, 0.25) is 0 Å². The number of hydrogen-bond acceptors (Lipinski definition) is 8. The molecule has 0 saturated carbocycles. The molecule has 0 unspecified atom stereocenters. The second-order valence-electron chi connectivity index (χ2n) is 10.7. The van der Waals surface area contributed by atoms with Crippen LogP contribution in [0.25, 0.3) is 11.1 Å². The Labute approximate surface area is 255 Å². The lowest BCUT2D eigenvalue weighted by atomic mass is 9.97. The van der Waals surface area contributed by atoms with Crippen molar-refractivity contribution >= 4 is 17.6 Å². The maximum Gasteiger partial charge on any atom is 0.258 e. The number of fused-ring (bicyclic) bond motifs is 7. The van der Waals surface area contributed by atoms with Gasteiger partial charge in [0.1, 0.15) is 29.4 Å². The van der Waals surface area contributed by atoms with Gasteiger partial charge in [0.05, 0.1) is 19.7 Å². The standard InChI is InChI=1S/C34H31N5O5/c1-21-9-11-24-15-27(21)23-5-3-7-26(14-23)43-20-33(40)36-17-22-10-12-29(30(13-22)42-2)44-31-19-39(18-28(31)38-34(24)41)32-8-4-6-25(16-35)37-32/h3-15,28,31H,17-20H2,1-2H3,(H,36,40)(H,38,41)/t28-,31-/m0/s1. The summed E-state index contributed by atoms with van der Waals surface area (Å²) in [5.41, 5.74) is 4.36. The van der Waals surface area contributed by atoms with Crippen LogP contribution < -0.4 is 29.7 Å². The number of rotatable bonds is 2. The maximum absolute atomic E-state index is 13.7. The summed E-state index contributed by atoms with van der Waals surface area (Å²) >= 11 is 0. The summed E-state index contributed by atoms with van der Waals surface area (Å²) in [5, 5.41) is 15.5. The highest BCUT2D eigenvalue weighted by atomic mass is 16.5. The summed E-state index contributed by atoms with van der Waals surface area (Å²) in [6, 6.07) is 25.4. The molecule has 0 spiro atoms. The normalized spacial score (nSPS) is 18.2. The van der Waals surface area contributed by atoms with Crippen molar-refractivity contribution in [2.75, 3.05) is 31.7 Å². The Morgan fingerprint density at radius 3 is 2.70 bits per heavy atom. The first-order chi connectivity index (χ1) is 21.4. The molecule has 2 amide bonds. The smallest absolute Gasteiger partial charge is 0.258 e. The minimum absolute atomic E-state index is 0.144. The van der Waals surface area contributed by atoms with Crippen molar-refractivity contribution in [3.05, 3.63) is 101 Å². The number of amides is 2. The van der Waals surface area contributed by atoms with Gasteiger partial charge in [-0.05, 0) is 77.7 Å². The van der Waals surface area contributed by atoms with E-state index in [0.717, 1.165) is 22.3 Å². The highest BCUT2D eigenvalue weighted by molar-refractivity contribution is 5.96. The summed E-state index contributed by atoms with van der Waals surface area (Å²) < 4.78 is 17.9. The van der Waals surface area contributed by atoms with Crippen molar-refractivity contribution in [3.8, 4) is 34.4 Å². The summed E-state index contributed by atoms with van der Waals surface area (Å²) in [5.74, 6) is 1.66. The van der Waals surface area contributed by atoms with Crippen LogP contribution in [0, 0.1) is 18.3 Å². The molecule has 2 N–H and O–H groups in total. The number of nitrogens with one attached hydrogen (secondary N) is 2. The Kier molecular flexibility index (Phi) is 8.02. The number of pyridine rings is 1. The van der Waals surface area contributed by atoms with E-state index in [4.69, 9.17) is 14.2 Å². The van der Waals surface area contributed by atoms with Crippen LogP contribution in [-0.4, -0.2) is 55.8 Å². The lowest BCUT2D eigenvalue weighted by Gasteiger charge is -2.23. The van der Waals surface area contributed by atoms with Crippen LogP contribution in [0.4, 0.5) is 5.82 Å². The minimum Gasteiger partial charge on any atom is -0.493 e. The van der Waals surface area contributed by atoms with Crippen molar-refractivity contribution < 1.29 is 23.8 Å². The Morgan fingerprint density at radius 2 is 1.86 bits per heavy atom. The number of methoxy groups -OCH3 is 1. The average molecular weight is 590 g/mol. The minimum atomic E-state index is -0.463. The Balaban J connectivity index is 1.38. The largest absolute Gasteiger partial charge is 0.493 e. The summed E-state index contributed by atoms with van der Waals surface area (Å²) in [4.78, 5) is 32.8. The number of nitriles is 1. The summed E-state index contributed by atoms with van der Waals surface area (Å²) in [6.45, 7) is 2.95. The Bertz CT molecular complexity index is 1770. The second kappa shape index (κ2) is 12.4. The van der Waals surface area contributed by atoms with E-state index in [-0.39, 0.29) is 25.0 Å². The first-order valence-electron chi connectivity index (χ1n) is 14.3. The van der Waals surface area contributed by atoms with Gasteiger partial charge in [-0.1, -0.05) is 30.3 Å². The number of anilines is 1. The maximum atomic E-state index is 13.7. The SMILES string of the molecule is COc1cc2ccc1O[C@H]1CN(c3cccc(C#N)n3)C[C@@H]1NC(=O)c1ccc(C)c(c1)-c1cccc(c1)OCC(=O)NC2. The number of carbonyl (C=O) groups excluding carboxylic acids is 2.